The van der Waals surface area contributed by atoms with Crippen molar-refractivity contribution in [3.63, 3.8) is 0 Å². The third kappa shape index (κ3) is 4.07. The highest BCUT2D eigenvalue weighted by Gasteiger charge is 2.14. The summed E-state index contributed by atoms with van der Waals surface area (Å²) in [6.45, 7) is 3.74. The summed E-state index contributed by atoms with van der Waals surface area (Å²) in [5.74, 6) is -0.746. The lowest BCUT2D eigenvalue weighted by Gasteiger charge is -2.13. The van der Waals surface area contributed by atoms with E-state index in [0.717, 1.165) is 23.6 Å². The molecular weight excluding hydrogens is 278 g/mol. The van der Waals surface area contributed by atoms with Crippen molar-refractivity contribution in [2.75, 3.05) is 6.61 Å². The summed E-state index contributed by atoms with van der Waals surface area (Å²) >= 11 is 0. The minimum Gasteiger partial charge on any atom is -0.452 e. The third-order valence-electron chi connectivity index (χ3n) is 3.47. The maximum absolute atomic E-state index is 12.2. The van der Waals surface area contributed by atoms with E-state index in [-0.39, 0.29) is 18.6 Å². The zero-order valence-corrected chi connectivity index (χ0v) is 13.0. The van der Waals surface area contributed by atoms with Gasteiger partial charge in [0.2, 0.25) is 0 Å². The van der Waals surface area contributed by atoms with Crippen molar-refractivity contribution in [3.05, 3.63) is 48.0 Å². The van der Waals surface area contributed by atoms with Crippen LogP contribution in [-0.2, 0) is 9.53 Å². The predicted molar refractivity (Wildman–Crippen MR) is 86.7 cm³/mol. The van der Waals surface area contributed by atoms with Crippen LogP contribution in [0, 0.1) is 0 Å². The van der Waals surface area contributed by atoms with Gasteiger partial charge < -0.3 is 10.1 Å². The molecule has 0 aliphatic rings. The van der Waals surface area contributed by atoms with E-state index in [1.54, 1.807) is 6.07 Å². The first kappa shape index (κ1) is 16.0. The van der Waals surface area contributed by atoms with Gasteiger partial charge in [-0.1, -0.05) is 49.7 Å². The van der Waals surface area contributed by atoms with Crippen molar-refractivity contribution < 1.29 is 14.3 Å². The quantitative estimate of drug-likeness (QED) is 0.833. The van der Waals surface area contributed by atoms with Crippen LogP contribution in [0.3, 0.4) is 0 Å². The van der Waals surface area contributed by atoms with Crippen molar-refractivity contribution in [1.29, 1.82) is 0 Å². The average Bonchev–Trinajstić information content (AvgIpc) is 2.52. The molecule has 1 amide bonds. The number of carbonyl (C=O) groups is 2. The largest absolute Gasteiger partial charge is 0.452 e. The Bertz CT molecular complexity index is 661. The van der Waals surface area contributed by atoms with Crippen molar-refractivity contribution in [2.24, 2.45) is 0 Å². The lowest BCUT2D eigenvalue weighted by Crippen LogP contribution is -2.35. The number of hydrogen-bond acceptors (Lipinski definition) is 3. The van der Waals surface area contributed by atoms with Crippen LogP contribution < -0.4 is 5.32 Å². The molecule has 4 heteroatoms. The molecule has 4 nitrogen and oxygen atoms in total. The Morgan fingerprint density at radius 1 is 1.14 bits per heavy atom. The molecule has 0 aromatic heterocycles. The second-order valence-electron chi connectivity index (χ2n) is 5.36. The normalized spacial score (nSPS) is 11.9. The van der Waals surface area contributed by atoms with Crippen LogP contribution in [-0.4, -0.2) is 24.5 Å². The second kappa shape index (κ2) is 7.59. The van der Waals surface area contributed by atoms with Crippen molar-refractivity contribution in [2.45, 2.75) is 32.7 Å². The molecule has 2 aromatic carbocycles. The SMILES string of the molecule is CCC[C@@H](C)NC(=O)COC(=O)c1cccc2ccccc12. The highest BCUT2D eigenvalue weighted by molar-refractivity contribution is 6.04. The number of rotatable bonds is 6. The van der Waals surface area contributed by atoms with Crippen LogP contribution >= 0.6 is 0 Å². The van der Waals surface area contributed by atoms with Crippen LogP contribution in [0.5, 0.6) is 0 Å². The highest BCUT2D eigenvalue weighted by Crippen LogP contribution is 2.19. The molecule has 0 bridgehead atoms. The maximum atomic E-state index is 12.2. The summed E-state index contributed by atoms with van der Waals surface area (Å²) < 4.78 is 5.13. The van der Waals surface area contributed by atoms with E-state index in [1.807, 2.05) is 43.3 Å². The Labute approximate surface area is 130 Å². The Hall–Kier alpha value is -2.36. The number of esters is 1. The van der Waals surface area contributed by atoms with Gasteiger partial charge in [-0.2, -0.15) is 0 Å². The zero-order valence-electron chi connectivity index (χ0n) is 13.0. The molecule has 2 aromatic rings. The van der Waals surface area contributed by atoms with Crippen LogP contribution in [0.4, 0.5) is 0 Å². The number of amides is 1. The van der Waals surface area contributed by atoms with Gasteiger partial charge in [-0.15, -0.1) is 0 Å². The van der Waals surface area contributed by atoms with Gasteiger partial charge in [0.05, 0.1) is 5.56 Å². The molecule has 0 heterocycles. The van der Waals surface area contributed by atoms with E-state index in [0.29, 0.717) is 5.56 Å². The fourth-order valence-corrected chi connectivity index (χ4v) is 2.43. The van der Waals surface area contributed by atoms with E-state index in [4.69, 9.17) is 4.74 Å². The first-order chi connectivity index (χ1) is 10.6. The molecule has 0 fully saturated rings. The first-order valence-corrected chi connectivity index (χ1v) is 7.56. The maximum Gasteiger partial charge on any atom is 0.339 e. The molecule has 1 N–H and O–H groups in total. The lowest BCUT2D eigenvalue weighted by atomic mass is 10.1. The molecule has 0 radical (unpaired) electrons. The van der Waals surface area contributed by atoms with Crippen molar-refractivity contribution in [3.8, 4) is 0 Å². The molecular formula is C18H21NO3. The number of hydrogen-bond donors (Lipinski definition) is 1. The highest BCUT2D eigenvalue weighted by atomic mass is 16.5. The number of ether oxygens (including phenoxy) is 1. The molecule has 0 saturated carbocycles. The summed E-state index contributed by atoms with van der Waals surface area (Å²) in [4.78, 5) is 23.9. The van der Waals surface area contributed by atoms with E-state index >= 15 is 0 Å². The van der Waals surface area contributed by atoms with E-state index < -0.39 is 5.97 Å². The predicted octanol–water partition coefficient (Wildman–Crippen LogP) is 3.30. The Kier molecular flexibility index (Phi) is 5.53. The van der Waals surface area contributed by atoms with E-state index in [2.05, 4.69) is 12.2 Å². The van der Waals surface area contributed by atoms with Crippen molar-refractivity contribution in [1.82, 2.24) is 5.32 Å². The standard InChI is InChI=1S/C18H21NO3/c1-3-7-13(2)19-17(20)12-22-18(21)16-11-6-9-14-8-4-5-10-15(14)16/h4-6,8-11,13H,3,7,12H2,1-2H3,(H,19,20)/t13-/m1/s1. The topological polar surface area (TPSA) is 55.4 Å². The minimum absolute atomic E-state index is 0.0914. The van der Waals surface area contributed by atoms with Crippen LogP contribution in [0.25, 0.3) is 10.8 Å². The summed E-state index contributed by atoms with van der Waals surface area (Å²) in [7, 11) is 0. The van der Waals surface area contributed by atoms with Gasteiger partial charge in [-0.3, -0.25) is 4.79 Å². The molecule has 0 saturated heterocycles. The van der Waals surface area contributed by atoms with Gasteiger partial charge in [-0.25, -0.2) is 4.79 Å². The number of carbonyl (C=O) groups excluding carboxylic acids is 2. The summed E-state index contributed by atoms with van der Waals surface area (Å²) in [6, 6.07) is 13.1. The molecule has 0 aliphatic heterocycles. The average molecular weight is 299 g/mol. The minimum atomic E-state index is -0.477. The molecule has 22 heavy (non-hydrogen) atoms. The fourth-order valence-electron chi connectivity index (χ4n) is 2.43. The first-order valence-electron chi connectivity index (χ1n) is 7.56. The number of benzene rings is 2. The summed E-state index contributed by atoms with van der Waals surface area (Å²) in [6.07, 6.45) is 1.90. The van der Waals surface area contributed by atoms with Gasteiger partial charge in [0.1, 0.15) is 0 Å². The Morgan fingerprint density at radius 2 is 1.86 bits per heavy atom. The molecule has 0 aliphatic carbocycles. The van der Waals surface area contributed by atoms with E-state index in [1.165, 1.54) is 0 Å². The number of fused-ring (bicyclic) bond motifs is 1. The molecule has 2 rings (SSSR count). The second-order valence-corrected chi connectivity index (χ2v) is 5.36. The molecule has 0 spiro atoms. The van der Waals surface area contributed by atoms with Gasteiger partial charge >= 0.3 is 5.97 Å². The molecule has 0 unspecified atom stereocenters. The van der Waals surface area contributed by atoms with Gasteiger partial charge in [0.15, 0.2) is 6.61 Å². The number of nitrogens with one attached hydrogen (secondary N) is 1. The van der Waals surface area contributed by atoms with Crippen LogP contribution in [0.15, 0.2) is 42.5 Å². The zero-order chi connectivity index (χ0) is 15.9. The monoisotopic (exact) mass is 299 g/mol. The van der Waals surface area contributed by atoms with Gasteiger partial charge in [0.25, 0.3) is 5.91 Å². The smallest absolute Gasteiger partial charge is 0.339 e. The van der Waals surface area contributed by atoms with Crippen molar-refractivity contribution >= 4 is 22.6 Å². The molecule has 1 atom stereocenters. The summed E-state index contributed by atoms with van der Waals surface area (Å²) in [5.41, 5.74) is 0.479. The molecule has 116 valence electrons. The van der Waals surface area contributed by atoms with Gasteiger partial charge in [0, 0.05) is 6.04 Å². The third-order valence-corrected chi connectivity index (χ3v) is 3.47. The van der Waals surface area contributed by atoms with Crippen LogP contribution in [0.1, 0.15) is 37.0 Å². The Balaban J connectivity index is 1.98. The fraction of sp³-hybridized carbons (Fsp3) is 0.333. The van der Waals surface area contributed by atoms with Crippen LogP contribution in [0.2, 0.25) is 0 Å². The summed E-state index contributed by atoms with van der Waals surface area (Å²) in [5, 5.41) is 4.61. The van der Waals surface area contributed by atoms with Gasteiger partial charge in [-0.05, 0) is 30.2 Å². The van der Waals surface area contributed by atoms with E-state index in [9.17, 15) is 9.59 Å². The Morgan fingerprint density at radius 3 is 2.64 bits per heavy atom. The lowest BCUT2D eigenvalue weighted by molar-refractivity contribution is -0.124.